The van der Waals surface area contributed by atoms with Crippen molar-refractivity contribution >= 4 is 11.9 Å². The summed E-state index contributed by atoms with van der Waals surface area (Å²) >= 11 is 0. The summed E-state index contributed by atoms with van der Waals surface area (Å²) in [5, 5.41) is 2.95. The molecular formula is C19H25N3O4. The lowest BCUT2D eigenvalue weighted by atomic mass is 9.98. The molecule has 1 spiro atoms. The molecule has 0 unspecified atom stereocenters. The molecule has 1 N–H and O–H groups in total. The van der Waals surface area contributed by atoms with Crippen molar-refractivity contribution in [2.75, 3.05) is 27.4 Å². The van der Waals surface area contributed by atoms with E-state index in [1.165, 1.54) is 10.5 Å². The van der Waals surface area contributed by atoms with Gasteiger partial charge in [-0.2, -0.15) is 0 Å². The summed E-state index contributed by atoms with van der Waals surface area (Å²) in [6.07, 6.45) is 4.36. The lowest BCUT2D eigenvalue weighted by Crippen LogP contribution is -2.46. The molecule has 0 aromatic heterocycles. The van der Waals surface area contributed by atoms with Crippen LogP contribution in [-0.4, -0.2) is 54.7 Å². The van der Waals surface area contributed by atoms with Gasteiger partial charge in [-0.3, -0.25) is 9.69 Å². The standard InChI is InChI=1S/C19H25N3O4/c1-25-15-9-13-5-8-21(11-14(13)10-16(15)26-2)12-22-17(23)19(20-18(22)24)6-3-4-7-19/h9-10H,3-8,11-12H2,1-2H3,(H,20,24). The number of urea groups is 1. The number of ether oxygens (including phenoxy) is 2. The molecule has 1 aromatic rings. The van der Waals surface area contributed by atoms with Gasteiger partial charge in [0.2, 0.25) is 0 Å². The van der Waals surface area contributed by atoms with Crippen LogP contribution in [0.1, 0.15) is 36.8 Å². The highest BCUT2D eigenvalue weighted by atomic mass is 16.5. The topological polar surface area (TPSA) is 71.1 Å². The van der Waals surface area contributed by atoms with Gasteiger partial charge >= 0.3 is 6.03 Å². The third kappa shape index (κ3) is 2.70. The number of amides is 3. The first kappa shape index (κ1) is 17.1. The van der Waals surface area contributed by atoms with Crippen molar-refractivity contribution < 1.29 is 19.1 Å². The summed E-state index contributed by atoms with van der Waals surface area (Å²) in [7, 11) is 3.26. The lowest BCUT2D eigenvalue weighted by molar-refractivity contribution is -0.132. The molecule has 1 aliphatic carbocycles. The number of imide groups is 1. The van der Waals surface area contributed by atoms with Crippen LogP contribution in [0.4, 0.5) is 4.79 Å². The van der Waals surface area contributed by atoms with Gasteiger partial charge in [-0.05, 0) is 42.5 Å². The Morgan fingerprint density at radius 3 is 2.38 bits per heavy atom. The van der Waals surface area contributed by atoms with Gasteiger partial charge in [0, 0.05) is 13.1 Å². The minimum absolute atomic E-state index is 0.0573. The summed E-state index contributed by atoms with van der Waals surface area (Å²) in [4.78, 5) is 28.7. The zero-order chi connectivity index (χ0) is 18.3. The molecule has 0 bridgehead atoms. The molecule has 2 fully saturated rings. The van der Waals surface area contributed by atoms with E-state index in [0.717, 1.165) is 50.0 Å². The molecule has 7 heteroatoms. The second-order valence-corrected chi connectivity index (χ2v) is 7.37. The number of nitrogens with zero attached hydrogens (tertiary/aromatic N) is 2. The molecule has 3 amide bonds. The van der Waals surface area contributed by atoms with E-state index in [4.69, 9.17) is 9.47 Å². The number of hydrogen-bond donors (Lipinski definition) is 1. The first-order chi connectivity index (χ1) is 12.6. The average Bonchev–Trinajstić information content (AvgIpc) is 3.21. The molecule has 1 saturated heterocycles. The van der Waals surface area contributed by atoms with Crippen LogP contribution < -0.4 is 14.8 Å². The van der Waals surface area contributed by atoms with E-state index in [-0.39, 0.29) is 11.9 Å². The maximum absolute atomic E-state index is 12.8. The van der Waals surface area contributed by atoms with Crippen LogP contribution in [0.5, 0.6) is 11.5 Å². The van der Waals surface area contributed by atoms with Crippen LogP contribution in [0.3, 0.4) is 0 Å². The fourth-order valence-electron chi connectivity index (χ4n) is 4.38. The molecule has 7 nitrogen and oxygen atoms in total. The Hall–Kier alpha value is -2.28. The van der Waals surface area contributed by atoms with E-state index in [1.54, 1.807) is 14.2 Å². The van der Waals surface area contributed by atoms with E-state index in [1.807, 2.05) is 12.1 Å². The number of hydrogen-bond acceptors (Lipinski definition) is 5. The van der Waals surface area contributed by atoms with Gasteiger partial charge in [0.25, 0.3) is 5.91 Å². The minimum Gasteiger partial charge on any atom is -0.493 e. The molecule has 1 saturated carbocycles. The highest BCUT2D eigenvalue weighted by Crippen LogP contribution is 2.36. The van der Waals surface area contributed by atoms with E-state index in [2.05, 4.69) is 10.2 Å². The summed E-state index contributed by atoms with van der Waals surface area (Å²) in [5.41, 5.74) is 1.74. The van der Waals surface area contributed by atoms with Gasteiger partial charge < -0.3 is 14.8 Å². The second kappa shape index (κ2) is 6.46. The Bertz CT molecular complexity index is 743. The summed E-state index contributed by atoms with van der Waals surface area (Å²) in [5.74, 6) is 1.38. The van der Waals surface area contributed by atoms with Crippen LogP contribution in [-0.2, 0) is 17.8 Å². The Labute approximate surface area is 153 Å². The van der Waals surface area contributed by atoms with Crippen molar-refractivity contribution in [3.63, 3.8) is 0 Å². The number of carbonyl (C=O) groups is 2. The fraction of sp³-hybridized carbons (Fsp3) is 0.579. The monoisotopic (exact) mass is 359 g/mol. The Balaban J connectivity index is 1.49. The van der Waals surface area contributed by atoms with E-state index < -0.39 is 5.54 Å². The van der Waals surface area contributed by atoms with Gasteiger partial charge in [0.1, 0.15) is 5.54 Å². The van der Waals surface area contributed by atoms with Crippen molar-refractivity contribution in [2.45, 2.75) is 44.2 Å². The van der Waals surface area contributed by atoms with Crippen molar-refractivity contribution in [1.29, 1.82) is 0 Å². The minimum atomic E-state index is -0.638. The normalized spacial score (nSPS) is 21.8. The number of carbonyl (C=O) groups excluding carboxylic acids is 2. The summed E-state index contributed by atoms with van der Waals surface area (Å²) in [6.45, 7) is 1.81. The Morgan fingerprint density at radius 2 is 1.73 bits per heavy atom. The average molecular weight is 359 g/mol. The molecule has 0 atom stereocenters. The smallest absolute Gasteiger partial charge is 0.326 e. The highest BCUT2D eigenvalue weighted by Gasteiger charge is 2.52. The lowest BCUT2D eigenvalue weighted by Gasteiger charge is -2.32. The molecule has 26 heavy (non-hydrogen) atoms. The number of methoxy groups -OCH3 is 2. The quantitative estimate of drug-likeness (QED) is 0.831. The zero-order valence-electron chi connectivity index (χ0n) is 15.3. The van der Waals surface area contributed by atoms with E-state index in [9.17, 15) is 9.59 Å². The van der Waals surface area contributed by atoms with Gasteiger partial charge in [0.05, 0.1) is 20.9 Å². The fourth-order valence-corrected chi connectivity index (χ4v) is 4.38. The number of rotatable bonds is 4. The Kier molecular flexibility index (Phi) is 4.26. The predicted octanol–water partition coefficient (Wildman–Crippen LogP) is 1.88. The molecule has 1 aromatic carbocycles. The zero-order valence-corrected chi connectivity index (χ0v) is 15.3. The SMILES string of the molecule is COc1cc2c(cc1OC)CN(CN1C(=O)NC3(CCCC3)C1=O)CC2. The van der Waals surface area contributed by atoms with Crippen LogP contribution in [0.15, 0.2) is 12.1 Å². The largest absolute Gasteiger partial charge is 0.493 e. The van der Waals surface area contributed by atoms with Crippen LogP contribution >= 0.6 is 0 Å². The number of fused-ring (bicyclic) bond motifs is 1. The maximum atomic E-state index is 12.8. The predicted molar refractivity (Wildman–Crippen MR) is 95.1 cm³/mol. The van der Waals surface area contributed by atoms with Crippen molar-refractivity contribution in [2.24, 2.45) is 0 Å². The summed E-state index contributed by atoms with van der Waals surface area (Å²) < 4.78 is 10.8. The van der Waals surface area contributed by atoms with Crippen molar-refractivity contribution in [3.8, 4) is 11.5 Å². The number of nitrogens with one attached hydrogen (secondary N) is 1. The molecule has 2 heterocycles. The van der Waals surface area contributed by atoms with Gasteiger partial charge in [-0.1, -0.05) is 12.8 Å². The molecule has 140 valence electrons. The summed E-state index contributed by atoms with van der Waals surface area (Å²) in [6, 6.07) is 3.76. The molecule has 0 radical (unpaired) electrons. The van der Waals surface area contributed by atoms with E-state index >= 15 is 0 Å². The van der Waals surface area contributed by atoms with Crippen molar-refractivity contribution in [3.05, 3.63) is 23.3 Å². The third-order valence-corrected chi connectivity index (χ3v) is 5.84. The van der Waals surface area contributed by atoms with E-state index in [0.29, 0.717) is 19.0 Å². The van der Waals surface area contributed by atoms with Gasteiger partial charge in [-0.25, -0.2) is 9.69 Å². The van der Waals surface area contributed by atoms with Crippen molar-refractivity contribution in [1.82, 2.24) is 15.1 Å². The Morgan fingerprint density at radius 1 is 1.08 bits per heavy atom. The third-order valence-electron chi connectivity index (χ3n) is 5.84. The molecule has 4 rings (SSSR count). The van der Waals surface area contributed by atoms with Gasteiger partial charge in [-0.15, -0.1) is 0 Å². The molecule has 3 aliphatic rings. The van der Waals surface area contributed by atoms with Crippen LogP contribution in [0.2, 0.25) is 0 Å². The first-order valence-electron chi connectivity index (χ1n) is 9.16. The van der Waals surface area contributed by atoms with Crippen LogP contribution in [0, 0.1) is 0 Å². The first-order valence-corrected chi connectivity index (χ1v) is 9.16. The maximum Gasteiger partial charge on any atom is 0.326 e. The number of benzene rings is 1. The molecule has 2 aliphatic heterocycles. The van der Waals surface area contributed by atoms with Crippen LogP contribution in [0.25, 0.3) is 0 Å². The van der Waals surface area contributed by atoms with Gasteiger partial charge in [0.15, 0.2) is 11.5 Å². The second-order valence-electron chi connectivity index (χ2n) is 7.37. The highest BCUT2D eigenvalue weighted by molar-refractivity contribution is 6.07. The molecular weight excluding hydrogens is 334 g/mol.